The van der Waals surface area contributed by atoms with E-state index in [0.717, 1.165) is 0 Å². The van der Waals surface area contributed by atoms with Crippen molar-refractivity contribution in [3.8, 4) is 0 Å². The van der Waals surface area contributed by atoms with Crippen molar-refractivity contribution in [1.29, 1.82) is 0 Å². The number of hydrogen-bond donors (Lipinski definition) is 2. The summed E-state index contributed by atoms with van der Waals surface area (Å²) in [6.45, 7) is 1.50. The molecular formula is C16H16N2O3. The van der Waals surface area contributed by atoms with Crippen LogP contribution in [0.1, 0.15) is 27.6 Å². The van der Waals surface area contributed by atoms with Gasteiger partial charge in [0.05, 0.1) is 18.4 Å². The third-order valence-corrected chi connectivity index (χ3v) is 3.00. The van der Waals surface area contributed by atoms with Gasteiger partial charge >= 0.3 is 5.97 Å². The first-order chi connectivity index (χ1) is 10.0. The smallest absolute Gasteiger partial charge is 0.340 e. The van der Waals surface area contributed by atoms with Crippen molar-refractivity contribution >= 4 is 28.8 Å². The van der Waals surface area contributed by atoms with E-state index in [1.54, 1.807) is 36.4 Å². The maximum Gasteiger partial charge on any atom is 0.340 e. The molecule has 0 heterocycles. The summed E-state index contributed by atoms with van der Waals surface area (Å²) in [5, 5.41) is 3.10. The highest BCUT2D eigenvalue weighted by atomic mass is 16.5. The van der Waals surface area contributed by atoms with E-state index in [4.69, 9.17) is 10.5 Å². The molecular weight excluding hydrogens is 268 g/mol. The van der Waals surface area contributed by atoms with Crippen LogP contribution in [0.25, 0.3) is 0 Å². The number of esters is 1. The van der Waals surface area contributed by atoms with E-state index in [1.165, 1.54) is 14.0 Å². The van der Waals surface area contributed by atoms with Gasteiger partial charge in [-0.3, -0.25) is 4.79 Å². The fourth-order valence-electron chi connectivity index (χ4n) is 1.92. The lowest BCUT2D eigenvalue weighted by molar-refractivity contribution is 0.0602. The molecule has 0 aliphatic carbocycles. The molecule has 0 aromatic heterocycles. The largest absolute Gasteiger partial charge is 0.465 e. The third-order valence-electron chi connectivity index (χ3n) is 3.00. The van der Waals surface area contributed by atoms with Gasteiger partial charge in [0, 0.05) is 16.9 Å². The molecule has 0 atom stereocenters. The van der Waals surface area contributed by atoms with Gasteiger partial charge < -0.3 is 15.8 Å². The fraction of sp³-hybridized carbons (Fsp3) is 0.125. The lowest BCUT2D eigenvalue weighted by Crippen LogP contribution is -2.07. The maximum atomic E-state index is 11.8. The fourth-order valence-corrected chi connectivity index (χ4v) is 1.92. The number of anilines is 3. The van der Waals surface area contributed by atoms with E-state index in [0.29, 0.717) is 28.2 Å². The number of ether oxygens (including phenoxy) is 1. The molecule has 2 aromatic carbocycles. The van der Waals surface area contributed by atoms with Gasteiger partial charge in [0.25, 0.3) is 0 Å². The summed E-state index contributed by atoms with van der Waals surface area (Å²) in [6, 6.07) is 12.0. The van der Waals surface area contributed by atoms with Crippen molar-refractivity contribution in [3.05, 3.63) is 53.6 Å². The van der Waals surface area contributed by atoms with Gasteiger partial charge in [-0.2, -0.15) is 0 Å². The number of hydrogen-bond acceptors (Lipinski definition) is 5. The van der Waals surface area contributed by atoms with Crippen LogP contribution in [0.2, 0.25) is 0 Å². The predicted octanol–water partition coefficient (Wildman–Crippen LogP) is 3.00. The molecule has 0 amide bonds. The van der Waals surface area contributed by atoms with Crippen LogP contribution < -0.4 is 11.1 Å². The lowest BCUT2D eigenvalue weighted by Gasteiger charge is -2.12. The van der Waals surface area contributed by atoms with Crippen molar-refractivity contribution in [2.45, 2.75) is 6.92 Å². The topological polar surface area (TPSA) is 81.4 Å². The Labute approximate surface area is 122 Å². The molecule has 0 saturated heterocycles. The van der Waals surface area contributed by atoms with E-state index in [-0.39, 0.29) is 5.78 Å². The van der Waals surface area contributed by atoms with Gasteiger partial charge in [0.2, 0.25) is 0 Å². The van der Waals surface area contributed by atoms with Crippen LogP contribution >= 0.6 is 0 Å². The zero-order valence-electron chi connectivity index (χ0n) is 11.8. The Morgan fingerprint density at radius 2 is 1.90 bits per heavy atom. The normalized spacial score (nSPS) is 10.0. The number of benzene rings is 2. The monoisotopic (exact) mass is 284 g/mol. The van der Waals surface area contributed by atoms with Crippen molar-refractivity contribution < 1.29 is 14.3 Å². The van der Waals surface area contributed by atoms with E-state index < -0.39 is 5.97 Å². The number of carbonyl (C=O) groups is 2. The summed E-state index contributed by atoms with van der Waals surface area (Å²) < 4.78 is 4.74. The van der Waals surface area contributed by atoms with E-state index in [2.05, 4.69) is 5.32 Å². The molecule has 0 unspecified atom stereocenters. The van der Waals surface area contributed by atoms with Crippen LogP contribution in [-0.4, -0.2) is 18.9 Å². The second kappa shape index (κ2) is 6.09. The van der Waals surface area contributed by atoms with Gasteiger partial charge in [0.1, 0.15) is 0 Å². The van der Waals surface area contributed by atoms with Crippen LogP contribution in [0.5, 0.6) is 0 Å². The molecule has 0 aliphatic rings. The molecule has 3 N–H and O–H groups in total. The predicted molar refractivity (Wildman–Crippen MR) is 81.9 cm³/mol. The highest BCUT2D eigenvalue weighted by Gasteiger charge is 2.12. The molecule has 0 bridgehead atoms. The van der Waals surface area contributed by atoms with E-state index in [1.807, 2.05) is 6.07 Å². The number of rotatable bonds is 4. The van der Waals surface area contributed by atoms with Crippen LogP contribution in [0.4, 0.5) is 17.1 Å². The lowest BCUT2D eigenvalue weighted by atomic mass is 10.1. The molecule has 0 aliphatic heterocycles. The molecule has 0 saturated carbocycles. The number of Topliss-reactive ketones (excluding diaryl/α,β-unsaturated/α-hetero) is 1. The number of carbonyl (C=O) groups excluding carboxylic acids is 2. The van der Waals surface area contributed by atoms with Crippen molar-refractivity contribution in [3.63, 3.8) is 0 Å². The zero-order chi connectivity index (χ0) is 15.4. The Hall–Kier alpha value is -2.82. The zero-order valence-corrected chi connectivity index (χ0v) is 11.8. The third kappa shape index (κ3) is 3.39. The number of nitrogens with one attached hydrogen (secondary N) is 1. The molecule has 0 radical (unpaired) electrons. The molecule has 108 valence electrons. The SMILES string of the molecule is COC(=O)c1cc(N)ccc1Nc1cccc(C(C)=O)c1. The van der Waals surface area contributed by atoms with Gasteiger partial charge in [-0.25, -0.2) is 4.79 Å². The highest BCUT2D eigenvalue weighted by molar-refractivity contribution is 5.98. The average molecular weight is 284 g/mol. The number of nitrogen functional groups attached to an aromatic ring is 1. The van der Waals surface area contributed by atoms with Crippen molar-refractivity contribution in [2.24, 2.45) is 0 Å². The second-order valence-electron chi connectivity index (χ2n) is 4.56. The standard InChI is InChI=1S/C16H16N2O3/c1-10(19)11-4-3-5-13(8-11)18-15-7-6-12(17)9-14(15)16(20)21-2/h3-9,18H,17H2,1-2H3. The summed E-state index contributed by atoms with van der Waals surface area (Å²) in [5.41, 5.74) is 8.37. The summed E-state index contributed by atoms with van der Waals surface area (Å²) in [5.74, 6) is -0.503. The van der Waals surface area contributed by atoms with Crippen LogP contribution in [0.3, 0.4) is 0 Å². The van der Waals surface area contributed by atoms with Gasteiger partial charge in [-0.05, 0) is 37.3 Å². The summed E-state index contributed by atoms with van der Waals surface area (Å²) in [7, 11) is 1.31. The summed E-state index contributed by atoms with van der Waals surface area (Å²) in [4.78, 5) is 23.2. The quantitative estimate of drug-likeness (QED) is 0.512. The van der Waals surface area contributed by atoms with Crippen LogP contribution in [0, 0.1) is 0 Å². The van der Waals surface area contributed by atoms with Gasteiger partial charge in [-0.1, -0.05) is 12.1 Å². The summed E-state index contributed by atoms with van der Waals surface area (Å²) in [6.07, 6.45) is 0. The minimum Gasteiger partial charge on any atom is -0.465 e. The second-order valence-corrected chi connectivity index (χ2v) is 4.56. The first kappa shape index (κ1) is 14.6. The average Bonchev–Trinajstić information content (AvgIpc) is 2.48. The first-order valence-corrected chi connectivity index (χ1v) is 6.37. The molecule has 2 rings (SSSR count). The Balaban J connectivity index is 2.37. The van der Waals surface area contributed by atoms with Crippen molar-refractivity contribution in [2.75, 3.05) is 18.2 Å². The van der Waals surface area contributed by atoms with Gasteiger partial charge in [-0.15, -0.1) is 0 Å². The maximum absolute atomic E-state index is 11.8. The number of ketones is 1. The molecule has 5 nitrogen and oxygen atoms in total. The molecule has 5 heteroatoms. The van der Waals surface area contributed by atoms with Gasteiger partial charge in [0.15, 0.2) is 5.78 Å². The van der Waals surface area contributed by atoms with E-state index in [9.17, 15) is 9.59 Å². The molecule has 0 spiro atoms. The minimum atomic E-state index is -0.479. The number of methoxy groups -OCH3 is 1. The Kier molecular flexibility index (Phi) is 4.23. The Morgan fingerprint density at radius 1 is 1.14 bits per heavy atom. The molecule has 0 fully saturated rings. The highest BCUT2D eigenvalue weighted by Crippen LogP contribution is 2.24. The van der Waals surface area contributed by atoms with Crippen molar-refractivity contribution in [1.82, 2.24) is 0 Å². The summed E-state index contributed by atoms with van der Waals surface area (Å²) >= 11 is 0. The minimum absolute atomic E-state index is 0.0239. The van der Waals surface area contributed by atoms with E-state index >= 15 is 0 Å². The molecule has 21 heavy (non-hydrogen) atoms. The Morgan fingerprint density at radius 3 is 2.57 bits per heavy atom. The number of nitrogens with two attached hydrogens (primary N) is 1. The van der Waals surface area contributed by atoms with Crippen LogP contribution in [-0.2, 0) is 4.74 Å². The first-order valence-electron chi connectivity index (χ1n) is 6.37. The van der Waals surface area contributed by atoms with Crippen LogP contribution in [0.15, 0.2) is 42.5 Å². The Bertz CT molecular complexity index is 696. The molecule has 2 aromatic rings.